The summed E-state index contributed by atoms with van der Waals surface area (Å²) in [6.45, 7) is 8.83. The van der Waals surface area contributed by atoms with Gasteiger partial charge in [0.1, 0.15) is 0 Å². The van der Waals surface area contributed by atoms with Crippen molar-refractivity contribution in [3.8, 4) is 0 Å². The molecule has 0 aromatic carbocycles. The van der Waals surface area contributed by atoms with Crippen molar-refractivity contribution in [2.24, 2.45) is 5.92 Å². The van der Waals surface area contributed by atoms with E-state index in [-0.39, 0.29) is 11.3 Å². The fourth-order valence-electron chi connectivity index (χ4n) is 3.82. The van der Waals surface area contributed by atoms with Gasteiger partial charge in [0.25, 0.3) is 0 Å². The van der Waals surface area contributed by atoms with E-state index in [9.17, 15) is 8.42 Å². The molecule has 1 aliphatic heterocycles. The number of nitrogens with zero attached hydrogens (tertiary/aromatic N) is 1. The smallest absolute Gasteiger partial charge is 0.151 e. The van der Waals surface area contributed by atoms with Crippen LogP contribution in [0.3, 0.4) is 0 Å². The van der Waals surface area contributed by atoms with E-state index in [1.54, 1.807) is 6.92 Å². The van der Waals surface area contributed by atoms with Gasteiger partial charge in [-0.05, 0) is 32.6 Å². The van der Waals surface area contributed by atoms with Crippen LogP contribution in [0.4, 0.5) is 0 Å². The van der Waals surface area contributed by atoms with Gasteiger partial charge in [-0.15, -0.1) is 0 Å². The van der Waals surface area contributed by atoms with Crippen LogP contribution in [0.25, 0.3) is 0 Å². The van der Waals surface area contributed by atoms with Gasteiger partial charge < -0.3 is 5.32 Å². The summed E-state index contributed by atoms with van der Waals surface area (Å²) in [5.74, 6) is 1.31. The summed E-state index contributed by atoms with van der Waals surface area (Å²) >= 11 is 0. The molecule has 1 aliphatic carbocycles. The molecule has 21 heavy (non-hydrogen) atoms. The zero-order chi connectivity index (χ0) is 15.5. The van der Waals surface area contributed by atoms with Crippen molar-refractivity contribution in [3.63, 3.8) is 0 Å². The number of sulfone groups is 1. The van der Waals surface area contributed by atoms with Crippen molar-refractivity contribution in [2.45, 2.75) is 64.5 Å². The highest BCUT2D eigenvalue weighted by Gasteiger charge is 2.37. The monoisotopic (exact) mass is 316 g/mol. The standard InChI is InChI=1S/C16H32N2O2S/c1-4-21(19,20)11-10-18-13-16(2,3)17-12-15(18)14-8-6-5-7-9-14/h14-15,17H,4-13H2,1-3H3. The largest absolute Gasteiger partial charge is 0.309 e. The van der Waals surface area contributed by atoms with Crippen LogP contribution in [0.2, 0.25) is 0 Å². The molecule has 1 atom stereocenters. The number of nitrogens with one attached hydrogen (secondary N) is 1. The molecule has 0 spiro atoms. The molecule has 4 nitrogen and oxygen atoms in total. The van der Waals surface area contributed by atoms with Crippen molar-refractivity contribution < 1.29 is 8.42 Å². The molecule has 0 radical (unpaired) electrons. The molecule has 0 bridgehead atoms. The molecule has 0 aromatic rings. The summed E-state index contributed by atoms with van der Waals surface area (Å²) in [5, 5.41) is 3.66. The number of piperazine rings is 1. The second-order valence-electron chi connectivity index (χ2n) is 7.44. The second-order valence-corrected chi connectivity index (χ2v) is 9.91. The first kappa shape index (κ1) is 17.2. The average Bonchev–Trinajstić information content (AvgIpc) is 2.45. The lowest BCUT2D eigenvalue weighted by Gasteiger charge is -2.48. The molecule has 0 amide bonds. The van der Waals surface area contributed by atoms with E-state index in [4.69, 9.17) is 0 Å². The molecule has 1 N–H and O–H groups in total. The SMILES string of the molecule is CCS(=O)(=O)CCN1CC(C)(C)NCC1C1CCCCC1. The van der Waals surface area contributed by atoms with E-state index in [0.29, 0.717) is 18.3 Å². The third-order valence-electron chi connectivity index (χ3n) is 5.18. The topological polar surface area (TPSA) is 49.4 Å². The van der Waals surface area contributed by atoms with Gasteiger partial charge in [-0.2, -0.15) is 0 Å². The Kier molecular flexibility index (Phi) is 5.71. The molecule has 1 saturated heterocycles. The Morgan fingerprint density at radius 1 is 1.19 bits per heavy atom. The maximum absolute atomic E-state index is 11.8. The van der Waals surface area contributed by atoms with Crippen molar-refractivity contribution >= 4 is 9.84 Å². The van der Waals surface area contributed by atoms with Crippen LogP contribution in [0.5, 0.6) is 0 Å². The van der Waals surface area contributed by atoms with Crippen LogP contribution in [0.15, 0.2) is 0 Å². The number of hydrogen-bond acceptors (Lipinski definition) is 4. The van der Waals surface area contributed by atoms with Crippen LogP contribution in [0, 0.1) is 5.92 Å². The van der Waals surface area contributed by atoms with Gasteiger partial charge in [-0.1, -0.05) is 26.2 Å². The fraction of sp³-hybridized carbons (Fsp3) is 1.00. The molecule has 2 aliphatic rings. The Bertz CT molecular complexity index is 428. The summed E-state index contributed by atoms with van der Waals surface area (Å²) in [4.78, 5) is 2.46. The summed E-state index contributed by atoms with van der Waals surface area (Å²) in [5.41, 5.74) is 0.0845. The normalized spacial score (nSPS) is 28.6. The molecule has 1 saturated carbocycles. The predicted octanol–water partition coefficient (Wildman–Crippen LogP) is 2.05. The highest BCUT2D eigenvalue weighted by molar-refractivity contribution is 7.91. The van der Waals surface area contributed by atoms with E-state index in [0.717, 1.165) is 19.0 Å². The Hall–Kier alpha value is -0.130. The molecule has 124 valence electrons. The first-order valence-electron chi connectivity index (χ1n) is 8.52. The third kappa shape index (κ3) is 4.93. The Morgan fingerprint density at radius 2 is 1.86 bits per heavy atom. The Morgan fingerprint density at radius 3 is 2.48 bits per heavy atom. The van der Waals surface area contributed by atoms with Gasteiger partial charge in [0.15, 0.2) is 9.84 Å². The molecule has 2 rings (SSSR count). The van der Waals surface area contributed by atoms with Crippen molar-refractivity contribution in [2.75, 3.05) is 31.1 Å². The molecule has 0 aromatic heterocycles. The van der Waals surface area contributed by atoms with E-state index < -0.39 is 9.84 Å². The molecular weight excluding hydrogens is 284 g/mol. The van der Waals surface area contributed by atoms with Crippen LogP contribution >= 0.6 is 0 Å². The van der Waals surface area contributed by atoms with Crippen molar-refractivity contribution in [1.29, 1.82) is 0 Å². The Labute approximate surface area is 130 Å². The average molecular weight is 317 g/mol. The van der Waals surface area contributed by atoms with Gasteiger partial charge in [0.2, 0.25) is 0 Å². The van der Waals surface area contributed by atoms with Gasteiger partial charge in [0, 0.05) is 37.0 Å². The molecule has 1 heterocycles. The zero-order valence-electron chi connectivity index (χ0n) is 13.9. The third-order valence-corrected chi connectivity index (χ3v) is 6.86. The number of hydrogen-bond donors (Lipinski definition) is 1. The van der Waals surface area contributed by atoms with Gasteiger partial charge in [-0.25, -0.2) is 8.42 Å². The molecule has 2 fully saturated rings. The fourth-order valence-corrected chi connectivity index (χ4v) is 4.62. The van der Waals surface area contributed by atoms with E-state index in [2.05, 4.69) is 24.1 Å². The summed E-state index contributed by atoms with van der Waals surface area (Å²) in [6.07, 6.45) is 6.66. The van der Waals surface area contributed by atoms with Crippen molar-refractivity contribution in [1.82, 2.24) is 10.2 Å². The van der Waals surface area contributed by atoms with Crippen LogP contribution < -0.4 is 5.32 Å². The molecular formula is C16H32N2O2S. The maximum atomic E-state index is 11.8. The lowest BCUT2D eigenvalue weighted by atomic mass is 9.81. The van der Waals surface area contributed by atoms with Crippen LogP contribution in [-0.4, -0.2) is 56.0 Å². The summed E-state index contributed by atoms with van der Waals surface area (Å²) < 4.78 is 23.7. The zero-order valence-corrected chi connectivity index (χ0v) is 14.7. The highest BCUT2D eigenvalue weighted by atomic mass is 32.2. The van der Waals surface area contributed by atoms with E-state index >= 15 is 0 Å². The molecule has 5 heteroatoms. The highest BCUT2D eigenvalue weighted by Crippen LogP contribution is 2.31. The lowest BCUT2D eigenvalue weighted by molar-refractivity contribution is 0.0530. The van der Waals surface area contributed by atoms with E-state index in [1.807, 2.05) is 0 Å². The van der Waals surface area contributed by atoms with Crippen molar-refractivity contribution in [3.05, 3.63) is 0 Å². The van der Waals surface area contributed by atoms with Gasteiger partial charge in [-0.3, -0.25) is 4.90 Å². The lowest BCUT2D eigenvalue weighted by Crippen LogP contribution is -2.64. The first-order valence-corrected chi connectivity index (χ1v) is 10.3. The van der Waals surface area contributed by atoms with E-state index in [1.165, 1.54) is 32.1 Å². The molecule has 1 unspecified atom stereocenters. The van der Waals surface area contributed by atoms with Crippen LogP contribution in [0.1, 0.15) is 52.9 Å². The minimum absolute atomic E-state index is 0.0845. The number of rotatable bonds is 5. The van der Waals surface area contributed by atoms with Gasteiger partial charge >= 0.3 is 0 Å². The quantitative estimate of drug-likeness (QED) is 0.843. The minimum Gasteiger partial charge on any atom is -0.309 e. The van der Waals surface area contributed by atoms with Crippen LogP contribution in [-0.2, 0) is 9.84 Å². The first-order chi connectivity index (χ1) is 9.83. The second kappa shape index (κ2) is 6.97. The summed E-state index contributed by atoms with van der Waals surface area (Å²) in [6, 6.07) is 0.519. The predicted molar refractivity (Wildman–Crippen MR) is 88.3 cm³/mol. The summed E-state index contributed by atoms with van der Waals surface area (Å²) in [7, 11) is -2.87. The Balaban J connectivity index is 2.02. The maximum Gasteiger partial charge on any atom is 0.151 e. The minimum atomic E-state index is -2.87. The van der Waals surface area contributed by atoms with Gasteiger partial charge in [0.05, 0.1) is 5.75 Å².